The Morgan fingerprint density at radius 2 is 2.28 bits per heavy atom. The van der Waals surface area contributed by atoms with Gasteiger partial charge in [-0.15, -0.1) is 21.5 Å². The zero-order valence-electron chi connectivity index (χ0n) is 10.3. The number of hydrogen-bond acceptors (Lipinski definition) is 5. The maximum absolute atomic E-state index is 6.02. The van der Waals surface area contributed by atoms with E-state index in [-0.39, 0.29) is 0 Å². The van der Waals surface area contributed by atoms with Crippen molar-refractivity contribution in [2.75, 3.05) is 13.1 Å². The minimum absolute atomic E-state index is 0.520. The van der Waals surface area contributed by atoms with Gasteiger partial charge >= 0.3 is 0 Å². The molecule has 2 aromatic rings. The average molecular weight is 286 g/mol. The summed E-state index contributed by atoms with van der Waals surface area (Å²) in [5.41, 5.74) is 0. The SMILES string of the molecule is CCCNCCCc1nnc(-c2sccc2Cl)o1. The largest absolute Gasteiger partial charge is 0.420 e. The first-order valence-electron chi connectivity index (χ1n) is 6.07. The van der Waals surface area contributed by atoms with E-state index in [1.54, 1.807) is 0 Å². The highest BCUT2D eigenvalue weighted by molar-refractivity contribution is 7.14. The minimum atomic E-state index is 0.520. The number of nitrogens with one attached hydrogen (secondary N) is 1. The lowest BCUT2D eigenvalue weighted by molar-refractivity contribution is 0.492. The van der Waals surface area contributed by atoms with Gasteiger partial charge in [0.15, 0.2) is 0 Å². The molecule has 0 aliphatic rings. The van der Waals surface area contributed by atoms with Gasteiger partial charge in [-0.3, -0.25) is 0 Å². The Bertz CT molecular complexity index is 483. The van der Waals surface area contributed by atoms with Crippen molar-refractivity contribution in [1.82, 2.24) is 15.5 Å². The maximum atomic E-state index is 6.02. The number of aromatic nitrogens is 2. The molecule has 18 heavy (non-hydrogen) atoms. The van der Waals surface area contributed by atoms with E-state index in [1.807, 2.05) is 11.4 Å². The maximum Gasteiger partial charge on any atom is 0.259 e. The molecule has 0 saturated heterocycles. The Kier molecular flexibility index (Phi) is 5.16. The average Bonchev–Trinajstić information content (AvgIpc) is 2.97. The lowest BCUT2D eigenvalue weighted by Gasteiger charge is -1.99. The molecular weight excluding hydrogens is 270 g/mol. The third kappa shape index (κ3) is 3.54. The third-order valence-electron chi connectivity index (χ3n) is 2.45. The van der Waals surface area contributed by atoms with Crippen LogP contribution in [0, 0.1) is 0 Å². The number of rotatable bonds is 7. The van der Waals surface area contributed by atoms with Crippen LogP contribution in [0.2, 0.25) is 5.02 Å². The van der Waals surface area contributed by atoms with Crippen LogP contribution in [-0.2, 0) is 6.42 Å². The summed E-state index contributed by atoms with van der Waals surface area (Å²) in [5, 5.41) is 14.0. The Balaban J connectivity index is 1.85. The van der Waals surface area contributed by atoms with Gasteiger partial charge < -0.3 is 9.73 Å². The van der Waals surface area contributed by atoms with Crippen LogP contribution >= 0.6 is 22.9 Å². The summed E-state index contributed by atoms with van der Waals surface area (Å²) in [5.74, 6) is 1.19. The Morgan fingerprint density at radius 3 is 3.00 bits per heavy atom. The van der Waals surface area contributed by atoms with Gasteiger partial charge in [-0.1, -0.05) is 18.5 Å². The molecule has 0 amide bonds. The van der Waals surface area contributed by atoms with Crippen molar-refractivity contribution in [3.8, 4) is 10.8 Å². The zero-order valence-corrected chi connectivity index (χ0v) is 11.9. The van der Waals surface area contributed by atoms with Crippen molar-refractivity contribution in [3.05, 3.63) is 22.4 Å². The molecule has 0 aliphatic heterocycles. The van der Waals surface area contributed by atoms with Crippen LogP contribution in [0.1, 0.15) is 25.7 Å². The van der Waals surface area contributed by atoms with Crippen molar-refractivity contribution < 1.29 is 4.42 Å². The first-order valence-corrected chi connectivity index (χ1v) is 7.33. The molecule has 2 heterocycles. The van der Waals surface area contributed by atoms with Crippen molar-refractivity contribution in [2.45, 2.75) is 26.2 Å². The van der Waals surface area contributed by atoms with Gasteiger partial charge in [-0.2, -0.15) is 0 Å². The first kappa shape index (κ1) is 13.5. The number of thiophene rings is 1. The second kappa shape index (κ2) is 6.87. The molecule has 2 rings (SSSR count). The smallest absolute Gasteiger partial charge is 0.259 e. The summed E-state index contributed by atoms with van der Waals surface area (Å²) in [6.07, 6.45) is 2.95. The molecule has 0 aromatic carbocycles. The van der Waals surface area contributed by atoms with Crippen molar-refractivity contribution in [3.63, 3.8) is 0 Å². The van der Waals surface area contributed by atoms with E-state index in [1.165, 1.54) is 11.3 Å². The van der Waals surface area contributed by atoms with Crippen molar-refractivity contribution in [2.24, 2.45) is 0 Å². The number of hydrogen-bond donors (Lipinski definition) is 1. The second-order valence-corrected chi connectivity index (χ2v) is 5.28. The fourth-order valence-corrected chi connectivity index (χ4v) is 2.62. The summed E-state index contributed by atoms with van der Waals surface area (Å²) in [4.78, 5) is 0.847. The fourth-order valence-electron chi connectivity index (χ4n) is 1.56. The highest BCUT2D eigenvalue weighted by Crippen LogP contribution is 2.32. The van der Waals surface area contributed by atoms with E-state index in [4.69, 9.17) is 16.0 Å². The molecule has 2 aromatic heterocycles. The van der Waals surface area contributed by atoms with Crippen molar-refractivity contribution in [1.29, 1.82) is 0 Å². The minimum Gasteiger partial charge on any atom is -0.420 e. The highest BCUT2D eigenvalue weighted by atomic mass is 35.5. The third-order valence-corrected chi connectivity index (χ3v) is 3.78. The van der Waals surface area contributed by atoms with Crippen LogP contribution < -0.4 is 5.32 Å². The van der Waals surface area contributed by atoms with Gasteiger partial charge in [0.25, 0.3) is 5.89 Å². The molecule has 98 valence electrons. The molecule has 0 unspecified atom stereocenters. The Hall–Kier alpha value is -0.910. The van der Waals surface area contributed by atoms with Gasteiger partial charge in [-0.05, 0) is 37.4 Å². The molecular formula is C12H16ClN3OS. The normalized spacial score (nSPS) is 11.0. The van der Waals surface area contributed by atoms with E-state index in [9.17, 15) is 0 Å². The van der Waals surface area contributed by atoms with Crippen molar-refractivity contribution >= 4 is 22.9 Å². The summed E-state index contributed by atoms with van der Waals surface area (Å²) in [7, 11) is 0. The summed E-state index contributed by atoms with van der Waals surface area (Å²) in [6, 6.07) is 1.83. The molecule has 0 bridgehead atoms. The Morgan fingerprint density at radius 1 is 1.39 bits per heavy atom. The van der Waals surface area contributed by atoms with Crippen LogP contribution in [0.15, 0.2) is 15.9 Å². The fraction of sp³-hybridized carbons (Fsp3) is 0.500. The predicted molar refractivity (Wildman–Crippen MR) is 74.1 cm³/mol. The van der Waals surface area contributed by atoms with Gasteiger partial charge in [0.1, 0.15) is 4.88 Å². The molecule has 0 aliphatic carbocycles. The molecule has 1 N–H and O–H groups in total. The van der Waals surface area contributed by atoms with E-state index in [0.29, 0.717) is 16.8 Å². The van der Waals surface area contributed by atoms with Gasteiger partial charge in [0.05, 0.1) is 5.02 Å². The monoisotopic (exact) mass is 285 g/mol. The van der Waals surface area contributed by atoms with Gasteiger partial charge in [0.2, 0.25) is 5.89 Å². The lowest BCUT2D eigenvalue weighted by atomic mass is 10.3. The number of halogens is 1. The predicted octanol–water partition coefficient (Wildman–Crippen LogP) is 3.38. The molecule has 0 saturated carbocycles. The summed E-state index contributed by atoms with van der Waals surface area (Å²) >= 11 is 7.53. The molecule has 0 spiro atoms. The molecule has 6 heteroatoms. The second-order valence-electron chi connectivity index (χ2n) is 3.95. The number of nitrogens with zero attached hydrogens (tertiary/aromatic N) is 2. The quantitative estimate of drug-likeness (QED) is 0.792. The molecule has 4 nitrogen and oxygen atoms in total. The van der Waals surface area contributed by atoms with Crippen LogP contribution in [0.25, 0.3) is 10.8 Å². The summed E-state index contributed by atoms with van der Waals surface area (Å²) in [6.45, 7) is 4.19. The van der Waals surface area contributed by atoms with E-state index >= 15 is 0 Å². The zero-order chi connectivity index (χ0) is 12.8. The van der Waals surface area contributed by atoms with Crippen LogP contribution in [0.3, 0.4) is 0 Å². The van der Waals surface area contributed by atoms with Crippen LogP contribution in [0.4, 0.5) is 0 Å². The topological polar surface area (TPSA) is 51.0 Å². The van der Waals surface area contributed by atoms with Crippen LogP contribution in [0.5, 0.6) is 0 Å². The number of aryl methyl sites for hydroxylation is 1. The van der Waals surface area contributed by atoms with E-state index < -0.39 is 0 Å². The lowest BCUT2D eigenvalue weighted by Crippen LogP contribution is -2.16. The standard InChI is InChI=1S/C12H16ClN3OS/c1-2-6-14-7-3-4-10-15-16-12(17-10)11-9(13)5-8-18-11/h5,8,14H,2-4,6-7H2,1H3. The molecule has 0 fully saturated rings. The van der Waals surface area contributed by atoms with Crippen LogP contribution in [-0.4, -0.2) is 23.3 Å². The molecule has 0 atom stereocenters. The van der Waals surface area contributed by atoms with E-state index in [2.05, 4.69) is 22.4 Å². The first-order chi connectivity index (χ1) is 8.81. The molecule has 0 radical (unpaired) electrons. The van der Waals surface area contributed by atoms with E-state index in [0.717, 1.165) is 37.2 Å². The van der Waals surface area contributed by atoms with Gasteiger partial charge in [0, 0.05) is 6.42 Å². The Labute approximate surface area is 115 Å². The summed E-state index contributed by atoms with van der Waals surface area (Å²) < 4.78 is 5.59. The highest BCUT2D eigenvalue weighted by Gasteiger charge is 2.12. The van der Waals surface area contributed by atoms with Gasteiger partial charge in [-0.25, -0.2) is 0 Å².